The van der Waals surface area contributed by atoms with Gasteiger partial charge in [0.15, 0.2) is 0 Å². The molecule has 4 fully saturated rings. The van der Waals surface area contributed by atoms with Crippen LogP contribution in [0.25, 0.3) is 0 Å². The summed E-state index contributed by atoms with van der Waals surface area (Å²) in [6.07, 6.45) is 6.94. The van der Waals surface area contributed by atoms with Gasteiger partial charge in [0.1, 0.15) is 0 Å². The van der Waals surface area contributed by atoms with Crippen molar-refractivity contribution in [2.75, 3.05) is 0 Å². The van der Waals surface area contributed by atoms with Crippen LogP contribution in [0, 0.1) is 17.8 Å². The molecule has 0 aromatic heterocycles. The van der Waals surface area contributed by atoms with E-state index in [1.165, 1.54) is 37.7 Å². The highest BCUT2D eigenvalue weighted by Gasteiger charge is 2.54. The minimum atomic E-state index is 0.474. The van der Waals surface area contributed by atoms with Crippen molar-refractivity contribution in [2.24, 2.45) is 23.5 Å². The molecule has 0 saturated heterocycles. The van der Waals surface area contributed by atoms with Crippen LogP contribution in [0.1, 0.15) is 63.0 Å². The van der Waals surface area contributed by atoms with E-state index in [1.807, 2.05) is 0 Å². The number of nitrogens with two attached hydrogens (primary N) is 1. The average Bonchev–Trinajstić information content (AvgIpc) is 2.44. The summed E-state index contributed by atoms with van der Waals surface area (Å²) in [6.45, 7) is 4.55. The summed E-state index contributed by atoms with van der Waals surface area (Å²) in [5.74, 6) is 3.18. The fraction of sp³-hybridized carbons (Fsp3) is 0.684. The molecule has 1 nitrogen and oxygen atoms in total. The highest BCUT2D eigenvalue weighted by molar-refractivity contribution is 5.33. The zero-order valence-electron chi connectivity index (χ0n) is 12.8. The van der Waals surface area contributed by atoms with Crippen molar-refractivity contribution in [1.29, 1.82) is 0 Å². The fourth-order valence-corrected chi connectivity index (χ4v) is 5.64. The monoisotopic (exact) mass is 269 g/mol. The maximum Gasteiger partial charge on any atom is 0.00964 e. The first kappa shape index (κ1) is 12.9. The number of hydrogen-bond acceptors (Lipinski definition) is 1. The van der Waals surface area contributed by atoms with E-state index in [-0.39, 0.29) is 0 Å². The molecule has 0 aliphatic heterocycles. The van der Waals surface area contributed by atoms with Crippen molar-refractivity contribution in [1.82, 2.24) is 0 Å². The molecule has 1 aromatic rings. The molecule has 4 bridgehead atoms. The van der Waals surface area contributed by atoms with E-state index in [0.29, 0.717) is 17.4 Å². The molecule has 1 heteroatoms. The van der Waals surface area contributed by atoms with Crippen molar-refractivity contribution in [3.63, 3.8) is 0 Å². The van der Waals surface area contributed by atoms with Crippen molar-refractivity contribution in [3.05, 3.63) is 35.4 Å². The lowest BCUT2D eigenvalue weighted by Crippen LogP contribution is -2.58. The number of benzene rings is 1. The normalized spacial score (nSPS) is 42.4. The predicted molar refractivity (Wildman–Crippen MR) is 83.7 cm³/mol. The van der Waals surface area contributed by atoms with Gasteiger partial charge in [-0.25, -0.2) is 0 Å². The molecule has 4 aliphatic carbocycles. The zero-order valence-corrected chi connectivity index (χ0v) is 12.8. The van der Waals surface area contributed by atoms with E-state index in [2.05, 4.69) is 38.1 Å². The lowest BCUT2D eigenvalue weighted by molar-refractivity contribution is -0.0226. The van der Waals surface area contributed by atoms with Gasteiger partial charge >= 0.3 is 0 Å². The summed E-state index contributed by atoms with van der Waals surface area (Å²) in [6, 6.07) is 10.1. The second kappa shape index (κ2) is 4.34. The average molecular weight is 269 g/mol. The van der Waals surface area contributed by atoms with Crippen LogP contribution in [-0.2, 0) is 5.41 Å². The fourth-order valence-electron chi connectivity index (χ4n) is 5.64. The van der Waals surface area contributed by atoms with Gasteiger partial charge in [0, 0.05) is 6.04 Å². The van der Waals surface area contributed by atoms with Crippen LogP contribution in [0.5, 0.6) is 0 Å². The highest BCUT2D eigenvalue weighted by atomic mass is 14.7. The van der Waals surface area contributed by atoms with Gasteiger partial charge in [-0.15, -0.1) is 0 Å². The molecule has 20 heavy (non-hydrogen) atoms. The Morgan fingerprint density at radius 1 is 1.00 bits per heavy atom. The third-order valence-electron chi connectivity index (χ3n) is 6.54. The standard InChI is InChI=1S/C19H27N/c1-12(2)14-3-5-17(6-4-14)19-9-13-7-15(10-19)18(20)16(8-13)11-19/h3-6,12-13,15-16,18H,7-11,20H2,1-2H3. The molecule has 108 valence electrons. The zero-order chi connectivity index (χ0) is 13.9. The van der Waals surface area contributed by atoms with Crippen molar-refractivity contribution < 1.29 is 0 Å². The smallest absolute Gasteiger partial charge is 0.00964 e. The van der Waals surface area contributed by atoms with E-state index < -0.39 is 0 Å². The topological polar surface area (TPSA) is 26.0 Å². The second-order valence-corrected chi connectivity index (χ2v) is 8.10. The van der Waals surface area contributed by atoms with Gasteiger partial charge in [-0.05, 0) is 72.3 Å². The molecule has 4 aliphatic rings. The van der Waals surface area contributed by atoms with Crippen molar-refractivity contribution >= 4 is 0 Å². The third-order valence-corrected chi connectivity index (χ3v) is 6.54. The first-order valence-electron chi connectivity index (χ1n) is 8.43. The van der Waals surface area contributed by atoms with Crippen LogP contribution in [-0.4, -0.2) is 6.04 Å². The highest BCUT2D eigenvalue weighted by Crippen LogP contribution is 2.60. The molecule has 0 amide bonds. The Kier molecular flexibility index (Phi) is 2.79. The van der Waals surface area contributed by atoms with Crippen LogP contribution in [0.2, 0.25) is 0 Å². The minimum absolute atomic E-state index is 0.474. The van der Waals surface area contributed by atoms with E-state index in [4.69, 9.17) is 5.73 Å². The summed E-state index contributed by atoms with van der Waals surface area (Å²) in [4.78, 5) is 0. The van der Waals surface area contributed by atoms with Gasteiger partial charge in [0.2, 0.25) is 0 Å². The summed E-state index contributed by atoms with van der Waals surface area (Å²) in [5, 5.41) is 0. The SMILES string of the molecule is CC(C)c1ccc(C23CC4CC(C2)C(N)C(C4)C3)cc1. The first-order chi connectivity index (χ1) is 9.57. The van der Waals surface area contributed by atoms with E-state index in [9.17, 15) is 0 Å². The van der Waals surface area contributed by atoms with Crippen LogP contribution in [0.4, 0.5) is 0 Å². The predicted octanol–water partition coefficient (Wildman–Crippen LogP) is 4.22. The Balaban J connectivity index is 1.68. The van der Waals surface area contributed by atoms with Gasteiger partial charge in [-0.2, -0.15) is 0 Å². The number of hydrogen-bond donors (Lipinski definition) is 1. The largest absolute Gasteiger partial charge is 0.327 e. The molecule has 5 rings (SSSR count). The Labute approximate surface area is 122 Å². The van der Waals surface area contributed by atoms with Crippen LogP contribution < -0.4 is 5.73 Å². The van der Waals surface area contributed by atoms with E-state index >= 15 is 0 Å². The minimum Gasteiger partial charge on any atom is -0.327 e. The van der Waals surface area contributed by atoms with Crippen molar-refractivity contribution in [2.45, 2.75) is 63.3 Å². The molecule has 2 N–H and O–H groups in total. The molecule has 0 radical (unpaired) electrons. The van der Waals surface area contributed by atoms with Crippen LogP contribution >= 0.6 is 0 Å². The Morgan fingerprint density at radius 3 is 2.15 bits per heavy atom. The second-order valence-electron chi connectivity index (χ2n) is 8.10. The number of rotatable bonds is 2. The molecule has 2 unspecified atom stereocenters. The Hall–Kier alpha value is -0.820. The van der Waals surface area contributed by atoms with E-state index in [0.717, 1.165) is 17.8 Å². The summed E-state index contributed by atoms with van der Waals surface area (Å²) in [7, 11) is 0. The van der Waals surface area contributed by atoms with Gasteiger partial charge in [0.05, 0.1) is 0 Å². The molecule has 0 spiro atoms. The lowest BCUT2D eigenvalue weighted by Gasteiger charge is -2.59. The molecule has 0 heterocycles. The maximum atomic E-state index is 6.47. The van der Waals surface area contributed by atoms with Gasteiger partial charge < -0.3 is 5.73 Å². The third kappa shape index (κ3) is 1.79. The van der Waals surface area contributed by atoms with Gasteiger partial charge in [0.25, 0.3) is 0 Å². The summed E-state index contributed by atoms with van der Waals surface area (Å²) >= 11 is 0. The Morgan fingerprint density at radius 2 is 1.60 bits per heavy atom. The van der Waals surface area contributed by atoms with Crippen LogP contribution in [0.15, 0.2) is 24.3 Å². The molecule has 2 atom stereocenters. The van der Waals surface area contributed by atoms with Gasteiger partial charge in [-0.1, -0.05) is 38.1 Å². The molecular weight excluding hydrogens is 242 g/mol. The van der Waals surface area contributed by atoms with Gasteiger partial charge in [-0.3, -0.25) is 0 Å². The summed E-state index contributed by atoms with van der Waals surface area (Å²) < 4.78 is 0. The summed E-state index contributed by atoms with van der Waals surface area (Å²) in [5.41, 5.74) is 10.0. The van der Waals surface area contributed by atoms with E-state index in [1.54, 1.807) is 5.56 Å². The maximum absolute atomic E-state index is 6.47. The van der Waals surface area contributed by atoms with Crippen molar-refractivity contribution in [3.8, 4) is 0 Å². The molecular formula is C19H27N. The molecule has 1 aromatic carbocycles. The Bertz CT molecular complexity index is 485. The molecule has 4 saturated carbocycles. The quantitative estimate of drug-likeness (QED) is 0.855. The van der Waals surface area contributed by atoms with Crippen LogP contribution in [0.3, 0.4) is 0 Å². The lowest BCUT2D eigenvalue weighted by atomic mass is 9.46. The first-order valence-corrected chi connectivity index (χ1v) is 8.43.